The highest BCUT2D eigenvalue weighted by molar-refractivity contribution is 6.33. The largest absolute Gasteiger partial charge is 0.368 e. The standard InChI is InChI=1S/C18H18ClN5O/c19-16-10-14(11-20)12-21-18(16)22-13-17(25)24-8-6-23(7-9-24)15-4-2-1-3-5-15/h1-5,10,12H,6-9,13H2,(H,21,22). The van der Waals surface area contributed by atoms with Crippen LogP contribution in [0.25, 0.3) is 0 Å². The van der Waals surface area contributed by atoms with E-state index in [-0.39, 0.29) is 12.5 Å². The molecule has 1 aromatic carbocycles. The van der Waals surface area contributed by atoms with Crippen LogP contribution in [0.4, 0.5) is 11.5 Å². The third-order valence-corrected chi connectivity index (χ3v) is 4.42. The van der Waals surface area contributed by atoms with E-state index in [4.69, 9.17) is 16.9 Å². The Hall–Kier alpha value is -2.78. The van der Waals surface area contributed by atoms with Crippen molar-refractivity contribution in [2.75, 3.05) is 42.9 Å². The molecule has 7 heteroatoms. The van der Waals surface area contributed by atoms with Gasteiger partial charge in [0.15, 0.2) is 0 Å². The van der Waals surface area contributed by atoms with Gasteiger partial charge in [0.05, 0.1) is 17.1 Å². The Balaban J connectivity index is 1.51. The molecule has 2 heterocycles. The van der Waals surface area contributed by atoms with Crippen molar-refractivity contribution in [1.82, 2.24) is 9.88 Å². The second kappa shape index (κ2) is 7.86. The molecule has 0 radical (unpaired) electrons. The highest BCUT2D eigenvalue weighted by Crippen LogP contribution is 2.20. The van der Waals surface area contributed by atoms with Crippen LogP contribution in [0.2, 0.25) is 5.02 Å². The van der Waals surface area contributed by atoms with Crippen LogP contribution in [0.5, 0.6) is 0 Å². The summed E-state index contributed by atoms with van der Waals surface area (Å²) < 4.78 is 0. The number of nitrogens with one attached hydrogen (secondary N) is 1. The van der Waals surface area contributed by atoms with Gasteiger partial charge in [-0.1, -0.05) is 29.8 Å². The molecule has 1 aromatic heterocycles. The van der Waals surface area contributed by atoms with Crippen molar-refractivity contribution >= 4 is 29.0 Å². The van der Waals surface area contributed by atoms with E-state index in [9.17, 15) is 4.79 Å². The first kappa shape index (κ1) is 17.1. The van der Waals surface area contributed by atoms with Crippen molar-refractivity contribution in [1.29, 1.82) is 5.26 Å². The number of anilines is 2. The molecule has 1 N–H and O–H groups in total. The van der Waals surface area contributed by atoms with Gasteiger partial charge in [-0.25, -0.2) is 4.98 Å². The summed E-state index contributed by atoms with van der Waals surface area (Å²) in [6.07, 6.45) is 1.43. The van der Waals surface area contributed by atoms with Gasteiger partial charge in [-0.2, -0.15) is 5.26 Å². The quantitative estimate of drug-likeness (QED) is 0.911. The number of carbonyl (C=O) groups is 1. The number of carbonyl (C=O) groups excluding carboxylic acids is 1. The smallest absolute Gasteiger partial charge is 0.242 e. The van der Waals surface area contributed by atoms with Gasteiger partial charge in [0.1, 0.15) is 11.9 Å². The molecule has 1 aliphatic rings. The lowest BCUT2D eigenvalue weighted by molar-refractivity contribution is -0.129. The number of amides is 1. The van der Waals surface area contributed by atoms with Gasteiger partial charge >= 0.3 is 0 Å². The number of rotatable bonds is 4. The third-order valence-electron chi connectivity index (χ3n) is 4.13. The van der Waals surface area contributed by atoms with Gasteiger partial charge in [-0.05, 0) is 18.2 Å². The van der Waals surface area contributed by atoms with Crippen molar-refractivity contribution in [3.05, 3.63) is 53.2 Å². The summed E-state index contributed by atoms with van der Waals surface area (Å²) in [5, 5.41) is 12.1. The van der Waals surface area contributed by atoms with Crippen LogP contribution in [0.3, 0.4) is 0 Å². The summed E-state index contributed by atoms with van der Waals surface area (Å²) in [6.45, 7) is 3.12. The van der Waals surface area contributed by atoms with Crippen LogP contribution in [-0.4, -0.2) is 48.5 Å². The van der Waals surface area contributed by atoms with E-state index < -0.39 is 0 Å². The maximum atomic E-state index is 12.4. The second-order valence-corrected chi connectivity index (χ2v) is 6.13. The van der Waals surface area contributed by atoms with E-state index >= 15 is 0 Å². The predicted molar refractivity (Wildman–Crippen MR) is 97.7 cm³/mol. The zero-order chi connectivity index (χ0) is 17.6. The number of hydrogen-bond acceptors (Lipinski definition) is 5. The van der Waals surface area contributed by atoms with Gasteiger partial charge in [0.2, 0.25) is 5.91 Å². The Kier molecular flexibility index (Phi) is 5.36. The van der Waals surface area contributed by atoms with Gasteiger partial charge in [-0.3, -0.25) is 4.79 Å². The molecular formula is C18H18ClN5O. The van der Waals surface area contributed by atoms with Crippen molar-refractivity contribution in [3.63, 3.8) is 0 Å². The Morgan fingerprint density at radius 3 is 2.60 bits per heavy atom. The Morgan fingerprint density at radius 2 is 1.96 bits per heavy atom. The molecule has 6 nitrogen and oxygen atoms in total. The topological polar surface area (TPSA) is 72.3 Å². The highest BCUT2D eigenvalue weighted by atomic mass is 35.5. The van der Waals surface area contributed by atoms with E-state index in [1.54, 1.807) is 0 Å². The number of nitriles is 1. The van der Waals surface area contributed by atoms with Crippen molar-refractivity contribution in [2.24, 2.45) is 0 Å². The van der Waals surface area contributed by atoms with Gasteiger partial charge in [0.25, 0.3) is 0 Å². The molecule has 128 valence electrons. The lowest BCUT2D eigenvalue weighted by atomic mass is 10.2. The maximum absolute atomic E-state index is 12.4. The summed E-state index contributed by atoms with van der Waals surface area (Å²) >= 11 is 6.06. The van der Waals surface area contributed by atoms with Crippen LogP contribution >= 0.6 is 11.6 Å². The highest BCUT2D eigenvalue weighted by Gasteiger charge is 2.21. The summed E-state index contributed by atoms with van der Waals surface area (Å²) in [6, 6.07) is 13.7. The van der Waals surface area contributed by atoms with Crippen molar-refractivity contribution in [2.45, 2.75) is 0 Å². The first-order valence-corrected chi connectivity index (χ1v) is 8.42. The fraction of sp³-hybridized carbons (Fsp3) is 0.278. The molecule has 1 fully saturated rings. The lowest BCUT2D eigenvalue weighted by Crippen LogP contribution is -2.50. The van der Waals surface area contributed by atoms with Crippen molar-refractivity contribution in [3.8, 4) is 6.07 Å². The van der Waals surface area contributed by atoms with Crippen LogP contribution in [-0.2, 0) is 4.79 Å². The van der Waals surface area contributed by atoms with Crippen LogP contribution < -0.4 is 10.2 Å². The Labute approximate surface area is 151 Å². The van der Waals surface area contributed by atoms with E-state index in [1.807, 2.05) is 29.2 Å². The fourth-order valence-electron chi connectivity index (χ4n) is 2.75. The normalized spacial score (nSPS) is 14.1. The summed E-state index contributed by atoms with van der Waals surface area (Å²) in [4.78, 5) is 20.6. The molecule has 1 amide bonds. The van der Waals surface area contributed by atoms with Gasteiger partial charge in [-0.15, -0.1) is 0 Å². The molecule has 0 spiro atoms. The number of pyridine rings is 1. The first-order valence-electron chi connectivity index (χ1n) is 8.04. The Morgan fingerprint density at radius 1 is 1.24 bits per heavy atom. The second-order valence-electron chi connectivity index (χ2n) is 5.72. The number of benzene rings is 1. The SMILES string of the molecule is N#Cc1cnc(NCC(=O)N2CCN(c3ccccc3)CC2)c(Cl)c1. The number of halogens is 1. The number of hydrogen-bond donors (Lipinski definition) is 1. The molecule has 3 rings (SSSR count). The summed E-state index contributed by atoms with van der Waals surface area (Å²) in [5.41, 5.74) is 1.57. The molecule has 0 saturated carbocycles. The van der Waals surface area contributed by atoms with Crippen LogP contribution in [0.1, 0.15) is 5.56 Å². The molecule has 0 atom stereocenters. The molecule has 2 aromatic rings. The van der Waals surface area contributed by atoms with E-state index in [0.29, 0.717) is 29.5 Å². The number of para-hydroxylation sites is 1. The number of piperazine rings is 1. The third kappa shape index (κ3) is 4.20. The number of nitrogens with zero attached hydrogens (tertiary/aromatic N) is 4. The molecule has 0 bridgehead atoms. The molecule has 25 heavy (non-hydrogen) atoms. The number of aromatic nitrogens is 1. The van der Waals surface area contributed by atoms with E-state index in [0.717, 1.165) is 13.1 Å². The van der Waals surface area contributed by atoms with E-state index in [1.165, 1.54) is 18.0 Å². The zero-order valence-corrected chi connectivity index (χ0v) is 14.4. The minimum Gasteiger partial charge on any atom is -0.368 e. The summed E-state index contributed by atoms with van der Waals surface area (Å²) in [5.74, 6) is 0.423. The minimum absolute atomic E-state index is 0.00920. The fourth-order valence-corrected chi connectivity index (χ4v) is 2.99. The monoisotopic (exact) mass is 355 g/mol. The van der Waals surface area contributed by atoms with Crippen LogP contribution in [0, 0.1) is 11.3 Å². The predicted octanol–water partition coefficient (Wildman–Crippen LogP) is 2.37. The minimum atomic E-state index is 0.00920. The Bertz CT molecular complexity index is 782. The summed E-state index contributed by atoms with van der Waals surface area (Å²) in [7, 11) is 0. The van der Waals surface area contributed by atoms with Crippen molar-refractivity contribution < 1.29 is 4.79 Å². The first-order chi connectivity index (χ1) is 12.2. The lowest BCUT2D eigenvalue weighted by Gasteiger charge is -2.36. The average molecular weight is 356 g/mol. The van der Waals surface area contributed by atoms with Gasteiger partial charge in [0, 0.05) is 38.1 Å². The average Bonchev–Trinajstić information content (AvgIpc) is 2.67. The molecule has 0 aliphatic carbocycles. The van der Waals surface area contributed by atoms with E-state index in [2.05, 4.69) is 27.3 Å². The molecule has 1 saturated heterocycles. The van der Waals surface area contributed by atoms with Gasteiger partial charge < -0.3 is 15.1 Å². The molecular weight excluding hydrogens is 338 g/mol. The molecule has 0 unspecified atom stereocenters. The maximum Gasteiger partial charge on any atom is 0.242 e. The molecule has 1 aliphatic heterocycles. The zero-order valence-electron chi connectivity index (χ0n) is 13.7. The van der Waals surface area contributed by atoms with Crippen LogP contribution in [0.15, 0.2) is 42.6 Å².